The first-order chi connectivity index (χ1) is 8.63. The van der Waals surface area contributed by atoms with Gasteiger partial charge in [-0.3, -0.25) is 0 Å². The molecule has 0 aliphatic carbocycles. The normalized spacial score (nSPS) is 12.4. The Bertz CT molecular complexity index is 360. The fourth-order valence-corrected chi connectivity index (χ4v) is 1.87. The second kappa shape index (κ2) is 8.33. The summed E-state index contributed by atoms with van der Waals surface area (Å²) in [6.07, 6.45) is 3.23. The summed E-state index contributed by atoms with van der Waals surface area (Å²) in [4.78, 5) is 0. The van der Waals surface area contributed by atoms with Gasteiger partial charge in [0.15, 0.2) is 0 Å². The third-order valence-corrected chi connectivity index (χ3v) is 2.91. The summed E-state index contributed by atoms with van der Waals surface area (Å²) in [6.45, 7) is 6.20. The highest BCUT2D eigenvalue weighted by Gasteiger charge is 2.08. The Morgan fingerprint density at radius 2 is 2.17 bits per heavy atom. The first-order valence-electron chi connectivity index (χ1n) is 6.46. The monoisotopic (exact) mass is 273 g/mol. The molecule has 1 N–H and O–H groups in total. The molecule has 0 saturated heterocycles. The summed E-state index contributed by atoms with van der Waals surface area (Å²) in [5.41, 5.74) is 0. The van der Waals surface area contributed by atoms with Gasteiger partial charge in [-0.25, -0.2) is 4.39 Å². The minimum atomic E-state index is -0.344. The molecule has 0 saturated carbocycles. The Hall–Kier alpha value is -0.800. The van der Waals surface area contributed by atoms with Gasteiger partial charge in [0.05, 0.1) is 11.1 Å². The molecule has 1 atom stereocenters. The predicted octanol–water partition coefficient (Wildman–Crippen LogP) is 4.03. The largest absolute Gasteiger partial charge is 0.489 e. The predicted molar refractivity (Wildman–Crippen MR) is 73.9 cm³/mol. The van der Waals surface area contributed by atoms with Crippen LogP contribution in [0.5, 0.6) is 5.75 Å². The molecule has 102 valence electrons. The van der Waals surface area contributed by atoms with Gasteiger partial charge in [0.2, 0.25) is 0 Å². The van der Waals surface area contributed by atoms with Gasteiger partial charge in [-0.15, -0.1) is 0 Å². The lowest BCUT2D eigenvalue weighted by Gasteiger charge is -2.15. The van der Waals surface area contributed by atoms with Gasteiger partial charge in [-0.1, -0.05) is 18.5 Å². The van der Waals surface area contributed by atoms with Crippen LogP contribution in [-0.4, -0.2) is 19.2 Å². The van der Waals surface area contributed by atoms with E-state index in [1.807, 2.05) is 6.92 Å². The molecule has 0 spiro atoms. The molecule has 0 fully saturated rings. The summed E-state index contributed by atoms with van der Waals surface area (Å²) >= 11 is 5.90. The van der Waals surface area contributed by atoms with Crippen molar-refractivity contribution in [1.82, 2.24) is 5.32 Å². The lowest BCUT2D eigenvalue weighted by Crippen LogP contribution is -2.19. The fourth-order valence-electron chi connectivity index (χ4n) is 1.66. The van der Waals surface area contributed by atoms with Crippen LogP contribution in [0.1, 0.15) is 33.1 Å². The zero-order chi connectivity index (χ0) is 13.4. The average molecular weight is 274 g/mol. The first kappa shape index (κ1) is 15.3. The van der Waals surface area contributed by atoms with Crippen molar-refractivity contribution in [3.63, 3.8) is 0 Å². The highest BCUT2D eigenvalue weighted by Crippen LogP contribution is 2.26. The van der Waals surface area contributed by atoms with E-state index in [0.29, 0.717) is 10.8 Å². The maximum Gasteiger partial charge on any atom is 0.138 e. The van der Waals surface area contributed by atoms with Crippen molar-refractivity contribution < 1.29 is 9.13 Å². The number of halogens is 2. The molecule has 0 aromatic heterocycles. The van der Waals surface area contributed by atoms with Gasteiger partial charge >= 0.3 is 0 Å². The Balaban J connectivity index is 2.28. The molecular formula is C14H21ClFNO. The summed E-state index contributed by atoms with van der Waals surface area (Å²) in [5, 5.41) is 3.67. The highest BCUT2D eigenvalue weighted by atomic mass is 35.5. The van der Waals surface area contributed by atoms with Crippen LogP contribution < -0.4 is 10.1 Å². The molecule has 0 aliphatic heterocycles. The molecule has 0 amide bonds. The Kier molecular flexibility index (Phi) is 7.06. The van der Waals surface area contributed by atoms with E-state index in [2.05, 4.69) is 12.2 Å². The summed E-state index contributed by atoms with van der Waals surface area (Å²) < 4.78 is 18.5. The van der Waals surface area contributed by atoms with E-state index in [1.54, 1.807) is 6.07 Å². The standard InChI is InChI=1S/C14H21ClFNO/c1-3-8-17-9-4-5-11(2)18-14-7-6-12(16)10-13(14)15/h6-7,10-11,17H,3-5,8-9H2,1-2H3. The van der Waals surface area contributed by atoms with Crippen molar-refractivity contribution in [3.05, 3.63) is 29.0 Å². The molecule has 4 heteroatoms. The third kappa shape index (κ3) is 5.69. The van der Waals surface area contributed by atoms with Crippen molar-refractivity contribution in [1.29, 1.82) is 0 Å². The third-order valence-electron chi connectivity index (χ3n) is 2.61. The lowest BCUT2D eigenvalue weighted by molar-refractivity contribution is 0.207. The summed E-state index contributed by atoms with van der Waals surface area (Å²) in [7, 11) is 0. The number of hydrogen-bond donors (Lipinski definition) is 1. The Morgan fingerprint density at radius 3 is 2.83 bits per heavy atom. The van der Waals surface area contributed by atoms with E-state index in [1.165, 1.54) is 12.1 Å². The lowest BCUT2D eigenvalue weighted by atomic mass is 10.2. The molecule has 0 heterocycles. The molecular weight excluding hydrogens is 253 g/mol. The van der Waals surface area contributed by atoms with Gasteiger partial charge in [0, 0.05) is 0 Å². The van der Waals surface area contributed by atoms with E-state index < -0.39 is 0 Å². The maximum atomic E-state index is 12.9. The van der Waals surface area contributed by atoms with Crippen LogP contribution in [0.15, 0.2) is 18.2 Å². The van der Waals surface area contributed by atoms with Crippen LogP contribution >= 0.6 is 11.6 Å². The first-order valence-corrected chi connectivity index (χ1v) is 6.83. The van der Waals surface area contributed by atoms with E-state index in [4.69, 9.17) is 16.3 Å². The molecule has 0 radical (unpaired) electrons. The number of rotatable bonds is 8. The van der Waals surface area contributed by atoms with Crippen molar-refractivity contribution in [2.24, 2.45) is 0 Å². The van der Waals surface area contributed by atoms with Crippen molar-refractivity contribution in [2.45, 2.75) is 39.2 Å². The van der Waals surface area contributed by atoms with E-state index in [-0.39, 0.29) is 11.9 Å². The van der Waals surface area contributed by atoms with Gasteiger partial charge < -0.3 is 10.1 Å². The highest BCUT2D eigenvalue weighted by molar-refractivity contribution is 6.32. The van der Waals surface area contributed by atoms with Gasteiger partial charge in [-0.05, 0) is 57.5 Å². The molecule has 2 nitrogen and oxygen atoms in total. The fraction of sp³-hybridized carbons (Fsp3) is 0.571. The van der Waals surface area contributed by atoms with Gasteiger partial charge in [0.25, 0.3) is 0 Å². The second-order valence-corrected chi connectivity index (χ2v) is 4.80. The molecule has 0 aliphatic rings. The number of hydrogen-bond acceptors (Lipinski definition) is 2. The summed E-state index contributed by atoms with van der Waals surface area (Å²) in [6, 6.07) is 4.20. The molecule has 1 aromatic rings. The molecule has 1 aromatic carbocycles. The van der Waals surface area contributed by atoms with Crippen LogP contribution in [0.3, 0.4) is 0 Å². The van der Waals surface area contributed by atoms with E-state index in [9.17, 15) is 4.39 Å². The van der Waals surface area contributed by atoms with Crippen LogP contribution in [0.25, 0.3) is 0 Å². The van der Waals surface area contributed by atoms with E-state index in [0.717, 1.165) is 32.4 Å². The topological polar surface area (TPSA) is 21.3 Å². The van der Waals surface area contributed by atoms with Crippen LogP contribution in [0.2, 0.25) is 5.02 Å². The number of benzene rings is 1. The van der Waals surface area contributed by atoms with Gasteiger partial charge in [-0.2, -0.15) is 0 Å². The average Bonchev–Trinajstić information content (AvgIpc) is 2.32. The van der Waals surface area contributed by atoms with E-state index >= 15 is 0 Å². The SMILES string of the molecule is CCCNCCCC(C)Oc1ccc(F)cc1Cl. The Morgan fingerprint density at radius 1 is 1.39 bits per heavy atom. The van der Waals surface area contributed by atoms with Gasteiger partial charge in [0.1, 0.15) is 11.6 Å². The molecule has 1 rings (SSSR count). The minimum Gasteiger partial charge on any atom is -0.489 e. The zero-order valence-corrected chi connectivity index (χ0v) is 11.8. The van der Waals surface area contributed by atoms with Crippen molar-refractivity contribution >= 4 is 11.6 Å². The minimum absolute atomic E-state index is 0.0800. The Labute approximate surface area is 113 Å². The number of ether oxygens (including phenoxy) is 1. The molecule has 18 heavy (non-hydrogen) atoms. The second-order valence-electron chi connectivity index (χ2n) is 4.40. The maximum absolute atomic E-state index is 12.9. The number of nitrogens with one attached hydrogen (secondary N) is 1. The smallest absolute Gasteiger partial charge is 0.138 e. The van der Waals surface area contributed by atoms with Crippen molar-refractivity contribution in [3.8, 4) is 5.75 Å². The zero-order valence-electron chi connectivity index (χ0n) is 11.0. The van der Waals surface area contributed by atoms with Crippen LogP contribution in [0.4, 0.5) is 4.39 Å². The molecule has 0 bridgehead atoms. The quantitative estimate of drug-likeness (QED) is 0.722. The molecule has 1 unspecified atom stereocenters. The summed E-state index contributed by atoms with van der Waals surface area (Å²) in [5.74, 6) is 0.204. The van der Waals surface area contributed by atoms with Crippen LogP contribution in [-0.2, 0) is 0 Å². The van der Waals surface area contributed by atoms with Crippen molar-refractivity contribution in [2.75, 3.05) is 13.1 Å². The van der Waals surface area contributed by atoms with Crippen LogP contribution in [0, 0.1) is 5.82 Å².